The molecule has 2 rings (SSSR count). The van der Waals surface area contributed by atoms with Crippen molar-refractivity contribution in [2.45, 2.75) is 38.0 Å². The molecule has 0 bridgehead atoms. The number of hydrogen-bond acceptors (Lipinski definition) is 5. The Morgan fingerprint density at radius 1 is 1.23 bits per heavy atom. The Morgan fingerprint density at radius 2 is 1.96 bits per heavy atom. The molecule has 26 heavy (non-hydrogen) atoms. The third kappa shape index (κ3) is 5.27. The standard InChI is InChI=1S/C21H23NO3S/c1-3-5-19-20(11-10-18(15(2)23)21(19)24)25-12-4-13-26-17-8-6-16(14-22)7-9-17/h6-11,24H,3-5,12-13H2,1-2H3. The van der Waals surface area contributed by atoms with Crippen molar-refractivity contribution >= 4 is 17.5 Å². The molecule has 0 heterocycles. The molecule has 0 spiro atoms. The fourth-order valence-electron chi connectivity index (χ4n) is 2.59. The molecule has 0 aliphatic carbocycles. The predicted octanol–water partition coefficient (Wildman–Crippen LogP) is 4.98. The lowest BCUT2D eigenvalue weighted by atomic mass is 10.0. The summed E-state index contributed by atoms with van der Waals surface area (Å²) in [5, 5.41) is 19.1. The van der Waals surface area contributed by atoms with Crippen molar-refractivity contribution < 1.29 is 14.6 Å². The van der Waals surface area contributed by atoms with E-state index in [9.17, 15) is 9.90 Å². The molecule has 0 aliphatic heterocycles. The summed E-state index contributed by atoms with van der Waals surface area (Å²) in [4.78, 5) is 12.7. The lowest BCUT2D eigenvalue weighted by Crippen LogP contribution is -2.04. The summed E-state index contributed by atoms with van der Waals surface area (Å²) in [6, 6.07) is 13.0. The van der Waals surface area contributed by atoms with Crippen molar-refractivity contribution in [1.29, 1.82) is 5.26 Å². The number of phenols is 1. The number of rotatable bonds is 9. The van der Waals surface area contributed by atoms with Crippen LogP contribution in [0.5, 0.6) is 11.5 Å². The largest absolute Gasteiger partial charge is 0.507 e. The number of benzene rings is 2. The first-order chi connectivity index (χ1) is 12.6. The molecule has 1 N–H and O–H groups in total. The van der Waals surface area contributed by atoms with Crippen LogP contribution < -0.4 is 4.74 Å². The maximum absolute atomic E-state index is 11.6. The van der Waals surface area contributed by atoms with Crippen LogP contribution in [0.15, 0.2) is 41.3 Å². The Balaban J connectivity index is 1.89. The average Bonchev–Trinajstić information content (AvgIpc) is 2.64. The minimum atomic E-state index is -0.148. The maximum atomic E-state index is 11.6. The van der Waals surface area contributed by atoms with Gasteiger partial charge in [-0.15, -0.1) is 11.8 Å². The summed E-state index contributed by atoms with van der Waals surface area (Å²) in [6.07, 6.45) is 2.38. The molecule has 0 atom stereocenters. The molecule has 0 saturated carbocycles. The van der Waals surface area contributed by atoms with Crippen LogP contribution in [-0.2, 0) is 6.42 Å². The van der Waals surface area contributed by atoms with E-state index in [2.05, 4.69) is 6.07 Å². The number of Topliss-reactive ketones (excluding diaryl/α,β-unsaturated/α-hetero) is 1. The number of nitriles is 1. The van der Waals surface area contributed by atoms with E-state index in [4.69, 9.17) is 10.00 Å². The van der Waals surface area contributed by atoms with Crippen molar-refractivity contribution in [3.05, 3.63) is 53.1 Å². The minimum absolute atomic E-state index is 0.0452. The van der Waals surface area contributed by atoms with Gasteiger partial charge in [0, 0.05) is 16.2 Å². The van der Waals surface area contributed by atoms with Crippen LogP contribution in [0.25, 0.3) is 0 Å². The molecule has 0 amide bonds. The number of ketones is 1. The van der Waals surface area contributed by atoms with Gasteiger partial charge in [-0.2, -0.15) is 5.26 Å². The van der Waals surface area contributed by atoms with Crippen LogP contribution in [-0.4, -0.2) is 23.2 Å². The summed E-state index contributed by atoms with van der Waals surface area (Å²) >= 11 is 1.72. The molecule has 136 valence electrons. The molecule has 0 unspecified atom stereocenters. The molecule has 0 fully saturated rings. The Kier molecular flexibility index (Phi) is 7.55. The van der Waals surface area contributed by atoms with Gasteiger partial charge in [-0.3, -0.25) is 4.79 Å². The van der Waals surface area contributed by atoms with Crippen LogP contribution in [0.2, 0.25) is 0 Å². The second-order valence-corrected chi connectivity index (χ2v) is 7.10. The zero-order valence-electron chi connectivity index (χ0n) is 15.1. The molecule has 0 aromatic heterocycles. The third-order valence-electron chi connectivity index (χ3n) is 3.92. The second-order valence-electron chi connectivity index (χ2n) is 5.93. The SMILES string of the molecule is CCCc1c(OCCCSc2ccc(C#N)cc2)ccc(C(C)=O)c1O. The summed E-state index contributed by atoms with van der Waals surface area (Å²) in [5.74, 6) is 1.44. The smallest absolute Gasteiger partial charge is 0.163 e. The van der Waals surface area contributed by atoms with Crippen molar-refractivity contribution in [1.82, 2.24) is 0 Å². The lowest BCUT2D eigenvalue weighted by Gasteiger charge is -2.14. The van der Waals surface area contributed by atoms with Crippen LogP contribution in [0, 0.1) is 11.3 Å². The maximum Gasteiger partial charge on any atom is 0.163 e. The molecule has 0 radical (unpaired) electrons. The van der Waals surface area contributed by atoms with E-state index >= 15 is 0 Å². The van der Waals surface area contributed by atoms with Crippen LogP contribution >= 0.6 is 11.8 Å². The fourth-order valence-corrected chi connectivity index (χ4v) is 3.41. The van der Waals surface area contributed by atoms with Gasteiger partial charge in [0.25, 0.3) is 0 Å². The molecule has 2 aromatic rings. The number of aromatic hydroxyl groups is 1. The first kappa shape index (κ1) is 19.9. The summed E-state index contributed by atoms with van der Waals surface area (Å²) in [6.45, 7) is 4.02. The fraction of sp³-hybridized carbons (Fsp3) is 0.333. The number of thioether (sulfide) groups is 1. The molecule has 0 saturated heterocycles. The second kappa shape index (κ2) is 9.88. The van der Waals surface area contributed by atoms with Gasteiger partial charge >= 0.3 is 0 Å². The summed E-state index contributed by atoms with van der Waals surface area (Å²) in [7, 11) is 0. The van der Waals surface area contributed by atoms with Crippen LogP contribution in [0.3, 0.4) is 0 Å². The van der Waals surface area contributed by atoms with E-state index in [0.717, 1.165) is 23.5 Å². The number of phenolic OH excluding ortho intramolecular Hbond substituents is 1. The third-order valence-corrected chi connectivity index (χ3v) is 5.02. The van der Waals surface area contributed by atoms with Gasteiger partial charge in [0.1, 0.15) is 11.5 Å². The van der Waals surface area contributed by atoms with Gasteiger partial charge in [0.15, 0.2) is 5.78 Å². The van der Waals surface area contributed by atoms with Crippen LogP contribution in [0.4, 0.5) is 0 Å². The van der Waals surface area contributed by atoms with Gasteiger partial charge in [0.2, 0.25) is 0 Å². The Bertz CT molecular complexity index is 794. The number of carbonyl (C=O) groups excluding carboxylic acids is 1. The van der Waals surface area contributed by atoms with Gasteiger partial charge in [0.05, 0.1) is 23.8 Å². The van der Waals surface area contributed by atoms with E-state index in [0.29, 0.717) is 35.5 Å². The highest BCUT2D eigenvalue weighted by molar-refractivity contribution is 7.99. The first-order valence-electron chi connectivity index (χ1n) is 8.68. The highest BCUT2D eigenvalue weighted by Gasteiger charge is 2.15. The van der Waals surface area contributed by atoms with Crippen molar-refractivity contribution in [2.24, 2.45) is 0 Å². The van der Waals surface area contributed by atoms with E-state index < -0.39 is 0 Å². The Morgan fingerprint density at radius 3 is 2.58 bits per heavy atom. The lowest BCUT2D eigenvalue weighted by molar-refractivity contribution is 0.101. The monoisotopic (exact) mass is 369 g/mol. The molecule has 2 aromatic carbocycles. The highest BCUT2D eigenvalue weighted by Crippen LogP contribution is 2.33. The first-order valence-corrected chi connectivity index (χ1v) is 9.67. The van der Waals surface area contributed by atoms with E-state index in [1.165, 1.54) is 6.92 Å². The zero-order chi connectivity index (χ0) is 18.9. The van der Waals surface area contributed by atoms with Crippen LogP contribution in [0.1, 0.15) is 48.2 Å². The number of hydrogen-bond donors (Lipinski definition) is 1. The van der Waals surface area contributed by atoms with Gasteiger partial charge < -0.3 is 9.84 Å². The molecule has 4 nitrogen and oxygen atoms in total. The summed E-state index contributed by atoms with van der Waals surface area (Å²) < 4.78 is 5.85. The van der Waals surface area contributed by atoms with Gasteiger partial charge in [-0.1, -0.05) is 13.3 Å². The quantitative estimate of drug-likeness (QED) is 0.383. The van der Waals surface area contributed by atoms with E-state index in [-0.39, 0.29) is 11.5 Å². The highest BCUT2D eigenvalue weighted by atomic mass is 32.2. The number of ether oxygens (including phenoxy) is 1. The minimum Gasteiger partial charge on any atom is -0.507 e. The van der Waals surface area contributed by atoms with E-state index in [1.54, 1.807) is 23.9 Å². The van der Waals surface area contributed by atoms with Gasteiger partial charge in [-0.05, 0) is 56.2 Å². The Hall–Kier alpha value is -2.45. The molecule has 5 heteroatoms. The van der Waals surface area contributed by atoms with E-state index in [1.807, 2.05) is 31.2 Å². The topological polar surface area (TPSA) is 70.3 Å². The number of carbonyl (C=O) groups is 1. The van der Waals surface area contributed by atoms with Crippen molar-refractivity contribution in [3.63, 3.8) is 0 Å². The average molecular weight is 369 g/mol. The predicted molar refractivity (Wildman–Crippen MR) is 104 cm³/mol. The summed E-state index contributed by atoms with van der Waals surface area (Å²) in [5.41, 5.74) is 1.71. The number of nitrogens with zero attached hydrogens (tertiary/aromatic N) is 1. The normalized spacial score (nSPS) is 10.3. The van der Waals surface area contributed by atoms with Gasteiger partial charge in [-0.25, -0.2) is 0 Å². The molecular formula is C21H23NO3S. The van der Waals surface area contributed by atoms with Crippen molar-refractivity contribution in [3.8, 4) is 17.6 Å². The molecule has 0 aliphatic rings. The molecular weight excluding hydrogens is 346 g/mol. The van der Waals surface area contributed by atoms with Crippen molar-refractivity contribution in [2.75, 3.05) is 12.4 Å². The Labute approximate surface area is 158 Å². The zero-order valence-corrected chi connectivity index (χ0v) is 15.9.